The van der Waals surface area contributed by atoms with Crippen LogP contribution in [0.3, 0.4) is 0 Å². The van der Waals surface area contributed by atoms with E-state index in [1.165, 1.54) is 42.5 Å². The van der Waals surface area contributed by atoms with E-state index >= 15 is 8.78 Å². The third kappa shape index (κ3) is 6.91. The van der Waals surface area contributed by atoms with Gasteiger partial charge in [0.05, 0.1) is 22.7 Å². The van der Waals surface area contributed by atoms with Gasteiger partial charge in [-0.2, -0.15) is 5.26 Å². The second kappa shape index (κ2) is 12.5. The van der Waals surface area contributed by atoms with Gasteiger partial charge in [0, 0.05) is 28.2 Å². The summed E-state index contributed by atoms with van der Waals surface area (Å²) in [6.45, 7) is 11.2. The van der Waals surface area contributed by atoms with Crippen LogP contribution in [-0.4, -0.2) is 29.6 Å². The molecule has 0 spiro atoms. The molecule has 2 N–H and O–H groups in total. The molecule has 4 rings (SSSR count). The first-order chi connectivity index (χ1) is 20.5. The lowest BCUT2D eigenvalue weighted by Gasteiger charge is -2.37. The summed E-state index contributed by atoms with van der Waals surface area (Å²) in [5.74, 6) is -3.84. The quantitative estimate of drug-likeness (QED) is 0.265. The van der Waals surface area contributed by atoms with Crippen molar-refractivity contribution < 1.29 is 23.1 Å². The Labute approximate surface area is 266 Å². The zero-order valence-electron chi connectivity index (χ0n) is 25.4. The molecule has 3 aromatic carbocycles. The molecule has 10 heteroatoms. The van der Waals surface area contributed by atoms with Crippen molar-refractivity contribution in [2.24, 2.45) is 5.41 Å². The molecule has 44 heavy (non-hydrogen) atoms. The van der Waals surface area contributed by atoms with Crippen LogP contribution in [0.4, 0.5) is 14.5 Å². The zero-order valence-corrected chi connectivity index (χ0v) is 26.9. The van der Waals surface area contributed by atoms with Gasteiger partial charge in [-0.3, -0.25) is 4.79 Å². The number of carbonyl (C=O) groups is 2. The van der Waals surface area contributed by atoms with Gasteiger partial charge in [0.2, 0.25) is 5.91 Å². The van der Waals surface area contributed by atoms with Crippen LogP contribution in [-0.2, 0) is 14.9 Å². The minimum atomic E-state index is -1.74. The maximum Gasteiger partial charge on any atom is 0.338 e. The highest BCUT2D eigenvalue weighted by molar-refractivity contribution is 6.31. The van der Waals surface area contributed by atoms with Gasteiger partial charge in [-0.1, -0.05) is 62.2 Å². The van der Waals surface area contributed by atoms with Crippen molar-refractivity contribution >= 4 is 40.8 Å². The molecule has 4 atom stereocenters. The van der Waals surface area contributed by atoms with E-state index in [0.29, 0.717) is 17.7 Å². The molecule has 232 valence electrons. The van der Waals surface area contributed by atoms with Gasteiger partial charge in [-0.05, 0) is 80.6 Å². The smallest absolute Gasteiger partial charge is 0.338 e. The molecule has 1 fully saturated rings. The molecule has 0 aliphatic carbocycles. The number of nitrogens with zero attached hydrogens (tertiary/aromatic N) is 1. The monoisotopic (exact) mass is 641 g/mol. The van der Waals surface area contributed by atoms with Crippen LogP contribution >= 0.6 is 23.2 Å². The lowest BCUT2D eigenvalue weighted by molar-refractivity contribution is -0.118. The molecular weight excluding hydrogens is 607 g/mol. The Morgan fingerprint density at radius 2 is 1.68 bits per heavy atom. The van der Waals surface area contributed by atoms with Gasteiger partial charge in [0.15, 0.2) is 0 Å². The van der Waals surface area contributed by atoms with E-state index in [2.05, 4.69) is 16.7 Å². The maximum absolute atomic E-state index is 15.8. The van der Waals surface area contributed by atoms with E-state index in [0.717, 1.165) is 6.07 Å². The molecule has 1 aliphatic rings. The number of halogens is 4. The first-order valence-corrected chi connectivity index (χ1v) is 14.9. The van der Waals surface area contributed by atoms with E-state index in [4.69, 9.17) is 27.9 Å². The predicted molar refractivity (Wildman–Crippen MR) is 168 cm³/mol. The van der Waals surface area contributed by atoms with E-state index in [1.807, 2.05) is 20.8 Å². The molecular formula is C34H35Cl2F2N3O3. The first kappa shape index (κ1) is 33.4. The van der Waals surface area contributed by atoms with Crippen molar-refractivity contribution in [2.45, 2.75) is 77.0 Å². The molecule has 0 radical (unpaired) electrons. The summed E-state index contributed by atoms with van der Waals surface area (Å²) >= 11 is 12.3. The van der Waals surface area contributed by atoms with Gasteiger partial charge >= 0.3 is 5.97 Å². The average Bonchev–Trinajstić information content (AvgIpc) is 3.22. The van der Waals surface area contributed by atoms with E-state index in [-0.39, 0.29) is 26.6 Å². The minimum Gasteiger partial charge on any atom is -0.456 e. The van der Waals surface area contributed by atoms with Crippen molar-refractivity contribution in [3.63, 3.8) is 0 Å². The van der Waals surface area contributed by atoms with Crippen LogP contribution in [0, 0.1) is 28.4 Å². The van der Waals surface area contributed by atoms with Gasteiger partial charge in [-0.15, -0.1) is 0 Å². The number of hydrogen-bond donors (Lipinski definition) is 2. The SMILES string of the molecule is CC(C)(C)CC1NC(C(=O)Nc2ccc(C(=O)OC(C)(C)C)cc2)C(c2cccc(Cl)c2F)C1(C#N)c1ccc(Cl)cc1F. The van der Waals surface area contributed by atoms with Crippen LogP contribution in [0.1, 0.15) is 75.4 Å². The van der Waals surface area contributed by atoms with Gasteiger partial charge in [-0.25, -0.2) is 13.6 Å². The summed E-state index contributed by atoms with van der Waals surface area (Å²) in [4.78, 5) is 26.5. The maximum atomic E-state index is 15.8. The average molecular weight is 643 g/mol. The van der Waals surface area contributed by atoms with Crippen molar-refractivity contribution in [3.05, 3.63) is 99.0 Å². The third-order valence-electron chi connectivity index (χ3n) is 7.52. The van der Waals surface area contributed by atoms with Gasteiger partial charge in [0.1, 0.15) is 22.7 Å². The van der Waals surface area contributed by atoms with Crippen LogP contribution in [0.2, 0.25) is 10.0 Å². The first-order valence-electron chi connectivity index (χ1n) is 14.2. The lowest BCUT2D eigenvalue weighted by atomic mass is 9.62. The van der Waals surface area contributed by atoms with Crippen LogP contribution in [0.25, 0.3) is 0 Å². The normalized spacial score (nSPS) is 21.9. The number of rotatable bonds is 6. The van der Waals surface area contributed by atoms with Crippen LogP contribution in [0.15, 0.2) is 60.7 Å². The molecule has 0 aromatic heterocycles. The Morgan fingerprint density at radius 3 is 2.25 bits per heavy atom. The summed E-state index contributed by atoms with van der Waals surface area (Å²) in [6, 6.07) is 14.8. The fraction of sp³-hybridized carbons (Fsp3) is 0.382. The van der Waals surface area contributed by atoms with Gasteiger partial charge in [0.25, 0.3) is 0 Å². The topological polar surface area (TPSA) is 91.2 Å². The molecule has 0 bridgehead atoms. The van der Waals surface area contributed by atoms with E-state index in [1.54, 1.807) is 32.9 Å². The lowest BCUT2D eigenvalue weighted by Crippen LogP contribution is -2.45. The largest absolute Gasteiger partial charge is 0.456 e. The number of benzene rings is 3. The van der Waals surface area contributed by atoms with Crippen molar-refractivity contribution in [2.75, 3.05) is 5.32 Å². The number of esters is 1. The predicted octanol–water partition coefficient (Wildman–Crippen LogP) is 8.19. The van der Waals surface area contributed by atoms with E-state index < -0.39 is 52.5 Å². The van der Waals surface area contributed by atoms with Crippen molar-refractivity contribution in [1.82, 2.24) is 5.32 Å². The molecule has 4 unspecified atom stereocenters. The molecule has 3 aromatic rings. The Bertz CT molecular complexity index is 1610. The zero-order chi connectivity index (χ0) is 32.6. The second-order valence-electron chi connectivity index (χ2n) is 13.3. The second-order valence-corrected chi connectivity index (χ2v) is 14.1. The number of carbonyl (C=O) groups excluding carboxylic acids is 2. The minimum absolute atomic E-state index is 0.00210. The number of nitrogens with one attached hydrogen (secondary N) is 2. The number of ether oxygens (including phenoxy) is 1. The molecule has 1 amide bonds. The molecule has 6 nitrogen and oxygen atoms in total. The molecule has 1 heterocycles. The third-order valence-corrected chi connectivity index (χ3v) is 8.05. The Kier molecular flexibility index (Phi) is 9.46. The Morgan fingerprint density at radius 1 is 1.02 bits per heavy atom. The standard InChI is InChI=1S/C34H35Cl2F2N3O3/c1-32(2,3)17-26-34(18-39,23-15-12-20(35)16-25(23)37)27(22-8-7-9-24(36)28(22)38)29(41-26)30(42)40-21-13-10-19(11-14-21)31(43)44-33(4,5)6/h7-16,26-27,29,41H,17H2,1-6H3,(H,40,42). The van der Waals surface area contributed by atoms with Gasteiger partial charge < -0.3 is 15.4 Å². The van der Waals surface area contributed by atoms with Crippen molar-refractivity contribution in [1.29, 1.82) is 5.26 Å². The van der Waals surface area contributed by atoms with Crippen LogP contribution in [0.5, 0.6) is 0 Å². The Balaban J connectivity index is 1.83. The highest BCUT2D eigenvalue weighted by Gasteiger charge is 2.61. The summed E-state index contributed by atoms with van der Waals surface area (Å²) in [5, 5.41) is 17.0. The number of amides is 1. The number of anilines is 1. The van der Waals surface area contributed by atoms with Crippen LogP contribution < -0.4 is 10.6 Å². The highest BCUT2D eigenvalue weighted by Crippen LogP contribution is 2.52. The number of nitriles is 1. The summed E-state index contributed by atoms with van der Waals surface area (Å²) < 4.78 is 37.0. The summed E-state index contributed by atoms with van der Waals surface area (Å²) in [7, 11) is 0. The molecule has 0 saturated carbocycles. The fourth-order valence-electron chi connectivity index (χ4n) is 5.80. The van der Waals surface area contributed by atoms with Crippen molar-refractivity contribution in [3.8, 4) is 6.07 Å². The number of hydrogen-bond acceptors (Lipinski definition) is 5. The van der Waals surface area contributed by atoms with E-state index in [9.17, 15) is 14.9 Å². The molecule has 1 aliphatic heterocycles. The summed E-state index contributed by atoms with van der Waals surface area (Å²) in [6.07, 6.45) is 0.343. The Hall–Kier alpha value is -3.51. The molecule has 1 saturated heterocycles. The summed E-state index contributed by atoms with van der Waals surface area (Å²) in [5.41, 5.74) is -2.15. The highest BCUT2D eigenvalue weighted by atomic mass is 35.5. The fourth-order valence-corrected chi connectivity index (χ4v) is 6.14.